The summed E-state index contributed by atoms with van der Waals surface area (Å²) in [6.45, 7) is 18.3. The standard InChI is InChI=1S/C37H52N2O4/c1-32(2)12-14-37(11-9-29(41)39-16-18-43-19-17-39)15-13-36(7)30(25(37)22-32)26(40)20-28-34(5)21-24(23-38)31(42)33(3,4)27(34)8-10-35(28,36)6/h20-21,25,27,30H,8-19,22H2,1-7H3/t25?,27-,30+,34-,35+,36+,37+/m0/s1. The molecule has 3 saturated carbocycles. The van der Waals surface area contributed by atoms with Gasteiger partial charge in [-0.2, -0.15) is 5.26 Å². The van der Waals surface area contributed by atoms with Crippen LogP contribution in [0, 0.1) is 61.6 Å². The lowest BCUT2D eigenvalue weighted by Gasteiger charge is -2.69. The molecule has 234 valence electrons. The number of fused-ring (bicyclic) bond motifs is 7. The van der Waals surface area contributed by atoms with Crippen LogP contribution < -0.4 is 0 Å². The highest BCUT2D eigenvalue weighted by atomic mass is 16.5. The summed E-state index contributed by atoms with van der Waals surface area (Å²) < 4.78 is 5.48. The lowest BCUT2D eigenvalue weighted by atomic mass is 9.34. The quantitative estimate of drug-likeness (QED) is 0.360. The van der Waals surface area contributed by atoms with Crippen molar-refractivity contribution in [2.24, 2.45) is 50.2 Å². The number of nitrogens with zero attached hydrogens (tertiary/aromatic N) is 2. The van der Waals surface area contributed by atoms with Crippen LogP contribution in [-0.2, 0) is 19.1 Å². The summed E-state index contributed by atoms with van der Waals surface area (Å²) in [6.07, 6.45) is 12.5. The SMILES string of the molecule is CC1(C)CC[C@]2(CCC(=O)N3CCOCC3)CC[C@]3(C)[C@@H](C(=O)C=C4[C@@]5(C)C=C(C#N)C(=O)C(C)(C)[C@@H]5CC[C@]43C)C2C1. The fourth-order valence-electron chi connectivity index (χ4n) is 11.5. The van der Waals surface area contributed by atoms with Crippen molar-refractivity contribution in [2.45, 2.75) is 106 Å². The summed E-state index contributed by atoms with van der Waals surface area (Å²) in [5, 5.41) is 9.97. The van der Waals surface area contributed by atoms with E-state index in [0.29, 0.717) is 32.7 Å². The van der Waals surface area contributed by atoms with Crippen molar-refractivity contribution in [3.8, 4) is 6.07 Å². The Morgan fingerprint density at radius 2 is 1.67 bits per heavy atom. The van der Waals surface area contributed by atoms with Crippen LogP contribution in [0.5, 0.6) is 0 Å². The summed E-state index contributed by atoms with van der Waals surface area (Å²) in [6, 6.07) is 2.21. The third kappa shape index (κ3) is 4.30. The van der Waals surface area contributed by atoms with E-state index >= 15 is 0 Å². The number of hydrogen-bond donors (Lipinski definition) is 0. The van der Waals surface area contributed by atoms with Crippen molar-refractivity contribution < 1.29 is 19.1 Å². The number of ketones is 2. The van der Waals surface area contributed by atoms with Crippen molar-refractivity contribution >= 4 is 17.5 Å². The molecule has 1 aliphatic heterocycles. The molecule has 1 unspecified atom stereocenters. The van der Waals surface area contributed by atoms with Crippen LogP contribution >= 0.6 is 0 Å². The van der Waals surface area contributed by atoms with E-state index in [4.69, 9.17) is 4.74 Å². The van der Waals surface area contributed by atoms with Crippen molar-refractivity contribution in [3.05, 3.63) is 23.3 Å². The largest absolute Gasteiger partial charge is 0.378 e. The summed E-state index contributed by atoms with van der Waals surface area (Å²) >= 11 is 0. The van der Waals surface area contributed by atoms with Gasteiger partial charge in [0.15, 0.2) is 11.6 Å². The van der Waals surface area contributed by atoms with E-state index in [9.17, 15) is 19.6 Å². The average Bonchev–Trinajstić information content (AvgIpc) is 2.95. The van der Waals surface area contributed by atoms with Crippen LogP contribution in [0.1, 0.15) is 106 Å². The topological polar surface area (TPSA) is 87.5 Å². The second-order valence-electron chi connectivity index (χ2n) is 17.1. The number of Topliss-reactive ketones (excluding diaryl/α,β-unsaturated/α-hetero) is 1. The zero-order chi connectivity index (χ0) is 31.2. The van der Waals surface area contributed by atoms with Gasteiger partial charge in [-0.1, -0.05) is 60.1 Å². The van der Waals surface area contributed by atoms with Gasteiger partial charge < -0.3 is 9.64 Å². The predicted octanol–water partition coefficient (Wildman–Crippen LogP) is 6.84. The first-order chi connectivity index (χ1) is 20.0. The number of hydrogen-bond acceptors (Lipinski definition) is 5. The number of carbonyl (C=O) groups is 3. The Kier molecular flexibility index (Phi) is 7.06. The van der Waals surface area contributed by atoms with Gasteiger partial charge in [0.2, 0.25) is 5.91 Å². The lowest BCUT2D eigenvalue weighted by molar-refractivity contribution is -0.173. The molecule has 5 aliphatic carbocycles. The highest BCUT2D eigenvalue weighted by Crippen LogP contribution is 2.75. The molecule has 7 atom stereocenters. The van der Waals surface area contributed by atoms with E-state index < -0.39 is 10.8 Å². The fourth-order valence-corrected chi connectivity index (χ4v) is 11.5. The Morgan fingerprint density at radius 1 is 1.00 bits per heavy atom. The molecule has 0 aromatic rings. The van der Waals surface area contributed by atoms with Gasteiger partial charge >= 0.3 is 0 Å². The van der Waals surface area contributed by atoms with E-state index in [1.807, 2.05) is 30.9 Å². The minimum absolute atomic E-state index is 0.00718. The highest BCUT2D eigenvalue weighted by molar-refractivity contribution is 6.04. The van der Waals surface area contributed by atoms with Crippen LogP contribution in [-0.4, -0.2) is 48.7 Å². The molecule has 0 N–H and O–H groups in total. The summed E-state index contributed by atoms with van der Waals surface area (Å²) in [7, 11) is 0. The Bertz CT molecular complexity index is 1340. The maximum absolute atomic E-state index is 14.7. The molecular formula is C37H52N2O4. The average molecular weight is 589 g/mol. The van der Waals surface area contributed by atoms with Crippen molar-refractivity contribution in [2.75, 3.05) is 26.3 Å². The van der Waals surface area contributed by atoms with Gasteiger partial charge in [-0.05, 0) is 90.9 Å². The van der Waals surface area contributed by atoms with Gasteiger partial charge in [-0.25, -0.2) is 0 Å². The third-order valence-electron chi connectivity index (χ3n) is 14.2. The first-order valence-electron chi connectivity index (χ1n) is 16.8. The summed E-state index contributed by atoms with van der Waals surface area (Å²) in [5.41, 5.74) is -0.0232. The number of morpholine rings is 1. The molecule has 0 radical (unpaired) electrons. The lowest BCUT2D eigenvalue weighted by Crippen LogP contribution is -2.64. The molecule has 0 aromatic heterocycles. The molecule has 6 aliphatic rings. The summed E-state index contributed by atoms with van der Waals surface area (Å²) in [5.74, 6) is 0.635. The van der Waals surface area contributed by atoms with E-state index in [2.05, 4.69) is 40.7 Å². The molecule has 0 aromatic carbocycles. The van der Waals surface area contributed by atoms with Crippen LogP contribution in [0.4, 0.5) is 0 Å². The maximum Gasteiger partial charge on any atom is 0.222 e. The van der Waals surface area contributed by atoms with Crippen LogP contribution in [0.2, 0.25) is 0 Å². The molecule has 1 amide bonds. The van der Waals surface area contributed by atoms with Crippen LogP contribution in [0.25, 0.3) is 0 Å². The Balaban J connectivity index is 1.40. The van der Waals surface area contributed by atoms with E-state index in [0.717, 1.165) is 56.9 Å². The number of ether oxygens (including phenoxy) is 1. The number of rotatable bonds is 3. The maximum atomic E-state index is 14.7. The van der Waals surface area contributed by atoms with Crippen molar-refractivity contribution in [3.63, 3.8) is 0 Å². The second kappa shape index (κ2) is 9.87. The number of allylic oxidation sites excluding steroid dienone is 4. The minimum Gasteiger partial charge on any atom is -0.378 e. The second-order valence-corrected chi connectivity index (χ2v) is 17.1. The molecule has 43 heavy (non-hydrogen) atoms. The molecule has 6 heteroatoms. The van der Waals surface area contributed by atoms with E-state index in [-0.39, 0.29) is 62.5 Å². The molecule has 0 spiro atoms. The fraction of sp³-hybridized carbons (Fsp3) is 0.784. The van der Waals surface area contributed by atoms with Crippen LogP contribution in [0.15, 0.2) is 23.3 Å². The number of nitriles is 1. The Hall–Kier alpha value is -2.26. The highest BCUT2D eigenvalue weighted by Gasteiger charge is 2.69. The molecule has 6 nitrogen and oxygen atoms in total. The molecule has 1 heterocycles. The van der Waals surface area contributed by atoms with E-state index in [1.165, 1.54) is 0 Å². The smallest absolute Gasteiger partial charge is 0.222 e. The number of carbonyl (C=O) groups excluding carboxylic acids is 3. The van der Waals surface area contributed by atoms with Crippen LogP contribution in [0.3, 0.4) is 0 Å². The zero-order valence-corrected chi connectivity index (χ0v) is 27.6. The van der Waals surface area contributed by atoms with Crippen molar-refractivity contribution in [1.82, 2.24) is 4.90 Å². The first kappa shape index (κ1) is 30.8. The van der Waals surface area contributed by atoms with Gasteiger partial charge in [-0.15, -0.1) is 0 Å². The van der Waals surface area contributed by atoms with Gasteiger partial charge in [0, 0.05) is 36.3 Å². The normalized spacial score (nSPS) is 43.2. The number of amides is 1. The Labute approximate surface area is 258 Å². The van der Waals surface area contributed by atoms with Gasteiger partial charge in [-0.3, -0.25) is 14.4 Å². The van der Waals surface area contributed by atoms with Gasteiger partial charge in [0.25, 0.3) is 0 Å². The predicted molar refractivity (Wildman–Crippen MR) is 166 cm³/mol. The molecule has 0 bridgehead atoms. The molecule has 4 fully saturated rings. The molecule has 1 saturated heterocycles. The van der Waals surface area contributed by atoms with Gasteiger partial charge in [0.05, 0.1) is 18.8 Å². The first-order valence-corrected chi connectivity index (χ1v) is 16.8. The van der Waals surface area contributed by atoms with E-state index in [1.54, 1.807) is 0 Å². The van der Waals surface area contributed by atoms with Crippen molar-refractivity contribution in [1.29, 1.82) is 5.26 Å². The summed E-state index contributed by atoms with van der Waals surface area (Å²) in [4.78, 5) is 43.3. The minimum atomic E-state index is -0.653. The molecule has 6 rings (SSSR count). The molecular weight excluding hydrogens is 536 g/mol. The Morgan fingerprint density at radius 3 is 2.35 bits per heavy atom. The third-order valence-corrected chi connectivity index (χ3v) is 14.2. The monoisotopic (exact) mass is 588 g/mol. The van der Waals surface area contributed by atoms with Gasteiger partial charge in [0.1, 0.15) is 6.07 Å². The zero-order valence-electron chi connectivity index (χ0n) is 27.6.